The van der Waals surface area contributed by atoms with Crippen molar-refractivity contribution in [1.82, 2.24) is 0 Å². The molecule has 0 amide bonds. The van der Waals surface area contributed by atoms with E-state index in [1.807, 2.05) is 20.8 Å². The molecule has 200 valence electrons. The van der Waals surface area contributed by atoms with Gasteiger partial charge in [0.05, 0.1) is 18.8 Å². The van der Waals surface area contributed by atoms with E-state index in [4.69, 9.17) is 18.9 Å². The monoisotopic (exact) mass is 510 g/mol. The Hall–Kier alpha value is -3.61. The Morgan fingerprint density at radius 3 is 2.05 bits per heavy atom. The molecule has 0 aromatic heterocycles. The molecule has 2 aromatic rings. The second-order valence-electron chi connectivity index (χ2n) is 9.83. The topological polar surface area (TPSA) is 88.1 Å². The number of carbonyl (C=O) groups is 3. The third kappa shape index (κ3) is 10.1. The summed E-state index contributed by atoms with van der Waals surface area (Å²) in [6, 6.07) is 11.8. The zero-order valence-corrected chi connectivity index (χ0v) is 22.6. The van der Waals surface area contributed by atoms with Gasteiger partial charge in [0.2, 0.25) is 0 Å². The highest BCUT2D eigenvalue weighted by Crippen LogP contribution is 2.35. The lowest BCUT2D eigenvalue weighted by atomic mass is 9.86. The van der Waals surface area contributed by atoms with E-state index in [2.05, 4.69) is 6.58 Å². The quantitative estimate of drug-likeness (QED) is 0.130. The molecule has 7 heteroatoms. The van der Waals surface area contributed by atoms with Gasteiger partial charge in [0.15, 0.2) is 0 Å². The molecule has 2 aromatic carbocycles. The summed E-state index contributed by atoms with van der Waals surface area (Å²) in [5.74, 6) is 0.353. The summed E-state index contributed by atoms with van der Waals surface area (Å²) in [6.45, 7) is 13.9. The van der Waals surface area contributed by atoms with E-state index < -0.39 is 5.97 Å². The molecule has 0 atom stereocenters. The number of esters is 3. The van der Waals surface area contributed by atoms with Crippen LogP contribution in [0.4, 0.5) is 0 Å². The Labute approximate surface area is 219 Å². The van der Waals surface area contributed by atoms with Crippen LogP contribution >= 0.6 is 0 Å². The summed E-state index contributed by atoms with van der Waals surface area (Å²) in [4.78, 5) is 35.8. The van der Waals surface area contributed by atoms with E-state index in [0.717, 1.165) is 31.2 Å². The molecule has 0 heterocycles. The van der Waals surface area contributed by atoms with Gasteiger partial charge in [0.1, 0.15) is 17.2 Å². The second-order valence-corrected chi connectivity index (χ2v) is 9.83. The summed E-state index contributed by atoms with van der Waals surface area (Å²) in [7, 11) is 0. The maximum absolute atomic E-state index is 12.7. The zero-order valence-electron chi connectivity index (χ0n) is 22.6. The predicted octanol–water partition coefficient (Wildman–Crippen LogP) is 6.58. The Morgan fingerprint density at radius 1 is 0.838 bits per heavy atom. The van der Waals surface area contributed by atoms with Crippen LogP contribution in [0.2, 0.25) is 0 Å². The van der Waals surface area contributed by atoms with Gasteiger partial charge in [-0.3, -0.25) is 4.79 Å². The SMILES string of the molecule is C=C(C)C(=O)OCCCCCCOc1ccc(C(=O)Oc2ccc(OC(=O)CC)c(C(C)(C)C)c2)cc1. The van der Waals surface area contributed by atoms with Crippen molar-refractivity contribution in [3.8, 4) is 17.2 Å². The Balaban J connectivity index is 1.83. The first kappa shape index (κ1) is 29.6. The maximum atomic E-state index is 12.7. The van der Waals surface area contributed by atoms with Crippen LogP contribution in [0.25, 0.3) is 0 Å². The van der Waals surface area contributed by atoms with Gasteiger partial charge in [-0.25, -0.2) is 9.59 Å². The number of hydrogen-bond donors (Lipinski definition) is 0. The molecule has 0 saturated carbocycles. The van der Waals surface area contributed by atoms with Gasteiger partial charge in [0.25, 0.3) is 0 Å². The van der Waals surface area contributed by atoms with Gasteiger partial charge in [-0.15, -0.1) is 0 Å². The molecule has 2 rings (SSSR count). The van der Waals surface area contributed by atoms with Crippen LogP contribution in [0, 0.1) is 0 Å². The normalized spacial score (nSPS) is 10.9. The van der Waals surface area contributed by atoms with Crippen molar-refractivity contribution < 1.29 is 33.3 Å². The van der Waals surface area contributed by atoms with E-state index in [1.54, 1.807) is 56.3 Å². The minimum Gasteiger partial charge on any atom is -0.494 e. The van der Waals surface area contributed by atoms with Gasteiger partial charge in [-0.05, 0) is 80.5 Å². The molecule has 0 fully saturated rings. The van der Waals surface area contributed by atoms with Crippen LogP contribution in [0.3, 0.4) is 0 Å². The van der Waals surface area contributed by atoms with Gasteiger partial charge in [-0.1, -0.05) is 34.3 Å². The molecule has 0 bridgehead atoms. The minimum atomic E-state index is -0.489. The average molecular weight is 511 g/mol. The highest BCUT2D eigenvalue weighted by atomic mass is 16.5. The first-order valence-corrected chi connectivity index (χ1v) is 12.6. The number of hydrogen-bond acceptors (Lipinski definition) is 7. The summed E-state index contributed by atoms with van der Waals surface area (Å²) in [6.07, 6.45) is 3.85. The van der Waals surface area contributed by atoms with E-state index in [9.17, 15) is 14.4 Å². The summed E-state index contributed by atoms with van der Waals surface area (Å²) < 4.78 is 21.8. The number of benzene rings is 2. The third-order valence-corrected chi connectivity index (χ3v) is 5.46. The van der Waals surface area contributed by atoms with Gasteiger partial charge >= 0.3 is 17.9 Å². The molecule has 0 aliphatic heterocycles. The van der Waals surface area contributed by atoms with Crippen molar-refractivity contribution in [3.05, 3.63) is 65.7 Å². The second kappa shape index (κ2) is 14.2. The fourth-order valence-electron chi connectivity index (χ4n) is 3.33. The van der Waals surface area contributed by atoms with Crippen molar-refractivity contribution in [2.24, 2.45) is 0 Å². The fraction of sp³-hybridized carbons (Fsp3) is 0.433. The van der Waals surface area contributed by atoms with Crippen molar-refractivity contribution in [2.75, 3.05) is 13.2 Å². The number of unbranched alkanes of at least 4 members (excludes halogenated alkanes) is 3. The van der Waals surface area contributed by atoms with Gasteiger partial charge < -0.3 is 18.9 Å². The Kier molecular flexibility index (Phi) is 11.4. The molecular weight excluding hydrogens is 472 g/mol. The Bertz CT molecular complexity index is 1080. The largest absolute Gasteiger partial charge is 0.494 e. The zero-order chi connectivity index (χ0) is 27.4. The van der Waals surface area contributed by atoms with Crippen molar-refractivity contribution >= 4 is 17.9 Å². The summed E-state index contributed by atoms with van der Waals surface area (Å²) in [5.41, 5.74) is 1.27. The van der Waals surface area contributed by atoms with Crippen LogP contribution in [0.1, 0.15) is 82.6 Å². The standard InChI is InChI=1S/C30H38O7/c1-7-27(31)37-26-17-16-24(20-25(26)30(4,5)6)36-29(33)22-12-14-23(15-13-22)34-18-10-8-9-11-19-35-28(32)21(2)3/h12-17,20H,2,7-11,18-19H2,1,3-6H3. The molecule has 0 spiro atoms. The van der Waals surface area contributed by atoms with Crippen LogP contribution < -0.4 is 14.2 Å². The number of ether oxygens (including phenoxy) is 4. The van der Waals surface area contributed by atoms with Crippen molar-refractivity contribution in [3.63, 3.8) is 0 Å². The molecule has 0 radical (unpaired) electrons. The van der Waals surface area contributed by atoms with Crippen LogP contribution in [-0.2, 0) is 19.7 Å². The number of carbonyl (C=O) groups excluding carboxylic acids is 3. The van der Waals surface area contributed by atoms with Crippen molar-refractivity contribution in [2.45, 2.75) is 72.1 Å². The average Bonchev–Trinajstić information content (AvgIpc) is 2.85. The molecule has 0 saturated heterocycles. The lowest BCUT2D eigenvalue weighted by molar-refractivity contribution is -0.139. The number of rotatable bonds is 13. The predicted molar refractivity (Wildman–Crippen MR) is 142 cm³/mol. The minimum absolute atomic E-state index is 0.273. The van der Waals surface area contributed by atoms with Crippen LogP contribution in [-0.4, -0.2) is 31.1 Å². The van der Waals surface area contributed by atoms with Gasteiger partial charge in [-0.2, -0.15) is 0 Å². The maximum Gasteiger partial charge on any atom is 0.343 e. The van der Waals surface area contributed by atoms with E-state index >= 15 is 0 Å². The lowest BCUT2D eigenvalue weighted by Crippen LogP contribution is -2.17. The smallest absolute Gasteiger partial charge is 0.343 e. The van der Waals surface area contributed by atoms with E-state index in [1.165, 1.54) is 0 Å². The molecule has 37 heavy (non-hydrogen) atoms. The van der Waals surface area contributed by atoms with E-state index in [0.29, 0.717) is 41.6 Å². The fourth-order valence-corrected chi connectivity index (χ4v) is 3.33. The van der Waals surface area contributed by atoms with E-state index in [-0.39, 0.29) is 23.8 Å². The highest BCUT2D eigenvalue weighted by Gasteiger charge is 2.22. The van der Waals surface area contributed by atoms with Gasteiger partial charge in [0, 0.05) is 17.6 Å². The van der Waals surface area contributed by atoms with Crippen LogP contribution in [0.5, 0.6) is 17.2 Å². The van der Waals surface area contributed by atoms with Crippen LogP contribution in [0.15, 0.2) is 54.6 Å². The molecule has 0 unspecified atom stereocenters. The summed E-state index contributed by atoms with van der Waals surface area (Å²) in [5, 5.41) is 0. The third-order valence-electron chi connectivity index (χ3n) is 5.46. The van der Waals surface area contributed by atoms with Crippen molar-refractivity contribution in [1.29, 1.82) is 0 Å². The molecule has 7 nitrogen and oxygen atoms in total. The summed E-state index contributed by atoms with van der Waals surface area (Å²) >= 11 is 0. The first-order valence-electron chi connectivity index (χ1n) is 12.6. The Morgan fingerprint density at radius 2 is 1.46 bits per heavy atom. The molecule has 0 aliphatic rings. The lowest BCUT2D eigenvalue weighted by Gasteiger charge is -2.23. The highest BCUT2D eigenvalue weighted by molar-refractivity contribution is 5.91. The molecule has 0 aliphatic carbocycles. The first-order chi connectivity index (χ1) is 17.5. The molecular formula is C30H38O7. The molecule has 0 N–H and O–H groups in total.